The maximum Gasteiger partial charge on any atom is 0.329 e. The maximum absolute atomic E-state index is 12.0. The summed E-state index contributed by atoms with van der Waals surface area (Å²) in [6.45, 7) is 4.24. The molecule has 0 spiro atoms. The summed E-state index contributed by atoms with van der Waals surface area (Å²) < 4.78 is 5.83. The highest BCUT2D eigenvalue weighted by Gasteiger charge is 2.13. The van der Waals surface area contributed by atoms with Crippen LogP contribution in [0.1, 0.15) is 29.2 Å². The third kappa shape index (κ3) is 6.03. The van der Waals surface area contributed by atoms with Crippen molar-refractivity contribution in [1.29, 1.82) is 5.26 Å². The van der Waals surface area contributed by atoms with Gasteiger partial charge < -0.3 is 10.1 Å². The third-order valence-electron chi connectivity index (χ3n) is 4.73. The van der Waals surface area contributed by atoms with Crippen LogP contribution in [0.5, 0.6) is 5.75 Å². The summed E-state index contributed by atoms with van der Waals surface area (Å²) in [6.07, 6.45) is 0. The van der Waals surface area contributed by atoms with E-state index in [0.717, 1.165) is 16.9 Å². The molecule has 7 heteroatoms. The van der Waals surface area contributed by atoms with Gasteiger partial charge in [0.1, 0.15) is 12.4 Å². The van der Waals surface area contributed by atoms with Crippen LogP contribution < -0.4 is 15.5 Å². The van der Waals surface area contributed by atoms with Crippen LogP contribution in [0.4, 0.5) is 5.69 Å². The molecule has 7 nitrogen and oxygen atoms in total. The summed E-state index contributed by atoms with van der Waals surface area (Å²) in [6, 6.07) is 23.5. The van der Waals surface area contributed by atoms with Crippen LogP contribution >= 0.6 is 0 Å². The van der Waals surface area contributed by atoms with Gasteiger partial charge in [-0.2, -0.15) is 10.4 Å². The fourth-order valence-corrected chi connectivity index (χ4v) is 2.79. The van der Waals surface area contributed by atoms with Crippen molar-refractivity contribution >= 4 is 23.2 Å². The van der Waals surface area contributed by atoms with Gasteiger partial charge in [0.15, 0.2) is 0 Å². The Hall–Kier alpha value is -4.44. The number of carbonyl (C=O) groups is 2. The van der Waals surface area contributed by atoms with Crippen molar-refractivity contribution in [3.8, 4) is 11.8 Å². The van der Waals surface area contributed by atoms with Crippen LogP contribution in [0.2, 0.25) is 0 Å². The highest BCUT2D eigenvalue weighted by Crippen LogP contribution is 2.16. The number of benzene rings is 3. The van der Waals surface area contributed by atoms with Crippen molar-refractivity contribution in [3.05, 3.63) is 95.1 Å². The lowest BCUT2D eigenvalue weighted by Gasteiger charge is -2.09. The Morgan fingerprint density at radius 2 is 1.66 bits per heavy atom. The first-order valence-electron chi connectivity index (χ1n) is 9.90. The van der Waals surface area contributed by atoms with Crippen LogP contribution in [-0.4, -0.2) is 17.5 Å². The molecule has 0 atom stereocenters. The molecule has 0 aliphatic rings. The first kappa shape index (κ1) is 22.2. The average molecular weight is 426 g/mol. The minimum atomic E-state index is -0.896. The lowest BCUT2D eigenvalue weighted by molar-refractivity contribution is -0.136. The van der Waals surface area contributed by atoms with E-state index in [4.69, 9.17) is 10.00 Å². The summed E-state index contributed by atoms with van der Waals surface area (Å²) in [5.41, 5.74) is 6.72. The number of ether oxygens (including phenoxy) is 1. The van der Waals surface area contributed by atoms with Crippen LogP contribution in [0.3, 0.4) is 0 Å². The fourth-order valence-electron chi connectivity index (χ4n) is 2.79. The molecule has 0 unspecified atom stereocenters. The highest BCUT2D eigenvalue weighted by atomic mass is 16.5. The largest absolute Gasteiger partial charge is 0.489 e. The van der Waals surface area contributed by atoms with Crippen molar-refractivity contribution in [2.75, 3.05) is 5.32 Å². The Kier molecular flexibility index (Phi) is 7.33. The molecule has 2 amide bonds. The zero-order chi connectivity index (χ0) is 22.9. The monoisotopic (exact) mass is 426 g/mol. The summed E-state index contributed by atoms with van der Waals surface area (Å²) in [4.78, 5) is 24.0. The van der Waals surface area contributed by atoms with Gasteiger partial charge >= 0.3 is 11.8 Å². The number of rotatable bonds is 6. The van der Waals surface area contributed by atoms with Gasteiger partial charge in [0.05, 0.1) is 17.3 Å². The van der Waals surface area contributed by atoms with Gasteiger partial charge in [-0.05, 0) is 79.1 Å². The topological polar surface area (TPSA) is 104 Å². The zero-order valence-electron chi connectivity index (χ0n) is 17.8. The number of amides is 2. The van der Waals surface area contributed by atoms with Crippen LogP contribution in [0, 0.1) is 18.3 Å². The molecule has 0 radical (unpaired) electrons. The Labute approximate surface area is 186 Å². The fraction of sp³-hybridized carbons (Fsp3) is 0.120. The smallest absolute Gasteiger partial charge is 0.329 e. The van der Waals surface area contributed by atoms with Crippen LogP contribution in [0.15, 0.2) is 77.9 Å². The van der Waals surface area contributed by atoms with E-state index in [2.05, 4.69) is 15.8 Å². The molecular formula is C25H22N4O3. The number of nitriles is 1. The van der Waals surface area contributed by atoms with Crippen LogP contribution in [-0.2, 0) is 16.2 Å². The minimum Gasteiger partial charge on any atom is -0.489 e. The summed E-state index contributed by atoms with van der Waals surface area (Å²) in [5, 5.41) is 15.2. The molecule has 0 aromatic heterocycles. The molecule has 0 saturated heterocycles. The van der Waals surface area contributed by atoms with Gasteiger partial charge in [-0.15, -0.1) is 0 Å². The Morgan fingerprint density at radius 3 is 2.31 bits per heavy atom. The van der Waals surface area contributed by atoms with Crippen molar-refractivity contribution in [2.24, 2.45) is 5.10 Å². The second kappa shape index (κ2) is 10.5. The van der Waals surface area contributed by atoms with E-state index in [1.807, 2.05) is 61.5 Å². The Bertz CT molecular complexity index is 1180. The summed E-state index contributed by atoms with van der Waals surface area (Å²) in [7, 11) is 0. The first-order chi connectivity index (χ1) is 15.5. The van der Waals surface area contributed by atoms with Crippen molar-refractivity contribution < 1.29 is 14.3 Å². The molecule has 0 saturated carbocycles. The average Bonchev–Trinajstić information content (AvgIpc) is 2.82. The maximum atomic E-state index is 12.0. The molecule has 0 aliphatic heterocycles. The molecule has 2 N–H and O–H groups in total. The minimum absolute atomic E-state index is 0.408. The number of nitrogens with one attached hydrogen (secondary N) is 2. The van der Waals surface area contributed by atoms with Crippen LogP contribution in [0.25, 0.3) is 0 Å². The number of hydrogen-bond donors (Lipinski definition) is 2. The normalized spacial score (nSPS) is 10.7. The highest BCUT2D eigenvalue weighted by molar-refractivity contribution is 6.39. The second-order valence-corrected chi connectivity index (χ2v) is 7.02. The quantitative estimate of drug-likeness (QED) is 0.354. The van der Waals surface area contributed by atoms with Gasteiger partial charge in [0.25, 0.3) is 0 Å². The number of nitrogens with zero attached hydrogens (tertiary/aromatic N) is 2. The van der Waals surface area contributed by atoms with Gasteiger partial charge in [-0.3, -0.25) is 9.59 Å². The van der Waals surface area contributed by atoms with Gasteiger partial charge in [-0.1, -0.05) is 24.3 Å². The molecule has 160 valence electrons. The van der Waals surface area contributed by atoms with E-state index in [9.17, 15) is 9.59 Å². The molecule has 3 rings (SSSR count). The van der Waals surface area contributed by atoms with Gasteiger partial charge in [0.2, 0.25) is 0 Å². The predicted molar refractivity (Wildman–Crippen MR) is 122 cm³/mol. The standard InChI is InChI=1S/C25H22N4O3/c1-17-5-3-4-6-21(17)16-32-23-13-9-20(10-14-23)18(2)28-29-25(31)24(30)27-22-11-7-19(15-26)8-12-22/h3-14H,16H2,1-2H3,(H,27,30)(H,29,31)/b28-18+. The molecule has 0 fully saturated rings. The number of hydrazone groups is 1. The number of aryl methyl sites for hydroxylation is 1. The van der Waals surface area contributed by atoms with Crippen molar-refractivity contribution in [2.45, 2.75) is 20.5 Å². The zero-order valence-corrected chi connectivity index (χ0v) is 17.8. The van der Waals surface area contributed by atoms with E-state index >= 15 is 0 Å². The Balaban J connectivity index is 1.53. The Morgan fingerprint density at radius 1 is 0.969 bits per heavy atom. The van der Waals surface area contributed by atoms with Gasteiger partial charge in [0, 0.05) is 5.69 Å². The third-order valence-corrected chi connectivity index (χ3v) is 4.73. The van der Waals surface area contributed by atoms with Crippen molar-refractivity contribution in [3.63, 3.8) is 0 Å². The van der Waals surface area contributed by atoms with Gasteiger partial charge in [-0.25, -0.2) is 5.43 Å². The molecule has 3 aromatic carbocycles. The number of anilines is 1. The van der Waals surface area contributed by atoms with E-state index in [1.54, 1.807) is 31.2 Å². The lowest BCUT2D eigenvalue weighted by Crippen LogP contribution is -2.32. The molecule has 0 bridgehead atoms. The lowest BCUT2D eigenvalue weighted by atomic mass is 10.1. The SMILES string of the molecule is C/C(=N\NC(=O)C(=O)Nc1ccc(C#N)cc1)c1ccc(OCc2ccccc2C)cc1. The predicted octanol–water partition coefficient (Wildman–Crippen LogP) is 3.92. The summed E-state index contributed by atoms with van der Waals surface area (Å²) >= 11 is 0. The molecule has 0 heterocycles. The second-order valence-electron chi connectivity index (χ2n) is 7.02. The van der Waals surface area contributed by atoms with E-state index < -0.39 is 11.8 Å². The van der Waals surface area contributed by atoms with E-state index in [0.29, 0.717) is 23.6 Å². The van der Waals surface area contributed by atoms with Crippen molar-refractivity contribution in [1.82, 2.24) is 5.43 Å². The van der Waals surface area contributed by atoms with E-state index in [-0.39, 0.29) is 0 Å². The molecule has 0 aliphatic carbocycles. The first-order valence-corrected chi connectivity index (χ1v) is 9.90. The van der Waals surface area contributed by atoms with E-state index in [1.165, 1.54) is 5.56 Å². The molecule has 3 aromatic rings. The number of hydrogen-bond acceptors (Lipinski definition) is 5. The summed E-state index contributed by atoms with van der Waals surface area (Å²) in [5.74, 6) is -1.03. The molecular weight excluding hydrogens is 404 g/mol. The number of carbonyl (C=O) groups excluding carboxylic acids is 2. The molecule has 32 heavy (non-hydrogen) atoms.